The predicted molar refractivity (Wildman–Crippen MR) is 102 cm³/mol. The first-order valence-electron chi connectivity index (χ1n) is 8.97. The zero-order valence-corrected chi connectivity index (χ0v) is 16.0. The molecule has 0 radical (unpaired) electrons. The Kier molecular flexibility index (Phi) is 4.68. The van der Waals surface area contributed by atoms with Crippen molar-refractivity contribution in [2.75, 3.05) is 13.2 Å². The number of aliphatic hydroxyl groups is 1. The van der Waals surface area contributed by atoms with Crippen LogP contribution in [0.3, 0.4) is 0 Å². The van der Waals surface area contributed by atoms with E-state index >= 15 is 0 Å². The number of ether oxygens (including phenoxy) is 1. The van der Waals surface area contributed by atoms with Crippen molar-refractivity contribution in [3.05, 3.63) is 58.1 Å². The summed E-state index contributed by atoms with van der Waals surface area (Å²) >= 11 is 0. The number of hydrogen-bond donors (Lipinski definition) is 1. The van der Waals surface area contributed by atoms with Crippen molar-refractivity contribution in [3.63, 3.8) is 0 Å². The Balaban J connectivity index is 1.72. The van der Waals surface area contributed by atoms with Crippen LogP contribution in [-0.4, -0.2) is 31.0 Å². The van der Waals surface area contributed by atoms with Crippen LogP contribution in [0.15, 0.2) is 35.2 Å². The highest BCUT2D eigenvalue weighted by atomic mass is 32.2. The van der Waals surface area contributed by atoms with Gasteiger partial charge in [0.1, 0.15) is 5.75 Å². The van der Waals surface area contributed by atoms with E-state index in [4.69, 9.17) is 9.84 Å². The molecule has 1 N–H and O–H groups in total. The van der Waals surface area contributed by atoms with E-state index in [9.17, 15) is 8.42 Å². The summed E-state index contributed by atoms with van der Waals surface area (Å²) in [6.45, 7) is 3.19. The average molecular weight is 383 g/mol. The number of sulfonamides is 1. The van der Waals surface area contributed by atoms with E-state index in [0.717, 1.165) is 40.0 Å². The minimum absolute atomic E-state index is 0.00857. The maximum Gasteiger partial charge on any atom is 0.243 e. The van der Waals surface area contributed by atoms with Crippen molar-refractivity contribution >= 4 is 10.0 Å². The number of aliphatic hydroxyl groups excluding tert-OH is 1. The smallest absolute Gasteiger partial charge is 0.243 e. The number of benzene rings is 2. The van der Waals surface area contributed by atoms with Gasteiger partial charge in [-0.3, -0.25) is 0 Å². The minimum atomic E-state index is -3.58. The fourth-order valence-corrected chi connectivity index (χ4v) is 4.96. The van der Waals surface area contributed by atoms with Crippen molar-refractivity contribution in [1.29, 1.82) is 0 Å². The second-order valence-corrected chi connectivity index (χ2v) is 8.76. The van der Waals surface area contributed by atoms with Crippen LogP contribution in [-0.2, 0) is 29.5 Å². The van der Waals surface area contributed by atoms with Crippen molar-refractivity contribution in [2.45, 2.75) is 37.8 Å². The van der Waals surface area contributed by atoms with E-state index in [0.29, 0.717) is 31.0 Å². The van der Waals surface area contributed by atoms with Crippen LogP contribution in [0.4, 0.5) is 0 Å². The van der Waals surface area contributed by atoms with Crippen LogP contribution in [0.25, 0.3) is 0 Å². The summed E-state index contributed by atoms with van der Waals surface area (Å²) in [4.78, 5) is 0.303. The molecule has 2 aromatic rings. The first-order valence-corrected chi connectivity index (χ1v) is 10.4. The Labute approximate surface area is 159 Å². The molecular formula is C21H21NO4S. The predicted octanol–water partition coefficient (Wildman–Crippen LogP) is 2.37. The molecule has 2 aliphatic rings. The molecular weight excluding hydrogens is 362 g/mol. The molecule has 6 heteroatoms. The highest BCUT2D eigenvalue weighted by Crippen LogP contribution is 2.38. The van der Waals surface area contributed by atoms with Gasteiger partial charge in [0.25, 0.3) is 0 Å². The second kappa shape index (κ2) is 7.01. The van der Waals surface area contributed by atoms with Crippen molar-refractivity contribution < 1.29 is 18.3 Å². The molecule has 0 saturated heterocycles. The molecule has 0 amide bonds. The maximum absolute atomic E-state index is 13.1. The summed E-state index contributed by atoms with van der Waals surface area (Å²) in [5.74, 6) is 6.94. The molecule has 0 aliphatic carbocycles. The molecule has 0 unspecified atom stereocenters. The normalized spacial score (nSPS) is 15.6. The largest absolute Gasteiger partial charge is 0.493 e. The molecule has 2 heterocycles. The topological polar surface area (TPSA) is 66.8 Å². The molecule has 0 atom stereocenters. The van der Waals surface area contributed by atoms with E-state index < -0.39 is 10.0 Å². The molecule has 5 nitrogen and oxygen atoms in total. The highest BCUT2D eigenvalue weighted by Gasteiger charge is 2.34. The van der Waals surface area contributed by atoms with Crippen molar-refractivity contribution in [2.24, 2.45) is 0 Å². The van der Waals surface area contributed by atoms with Crippen molar-refractivity contribution in [3.8, 4) is 17.6 Å². The van der Waals surface area contributed by atoms with Gasteiger partial charge in [-0.1, -0.05) is 29.5 Å². The zero-order valence-electron chi connectivity index (χ0n) is 15.2. The van der Waals surface area contributed by atoms with Crippen LogP contribution >= 0.6 is 0 Å². The van der Waals surface area contributed by atoms with E-state index in [1.165, 1.54) is 4.31 Å². The molecule has 0 saturated carbocycles. The van der Waals surface area contributed by atoms with E-state index in [-0.39, 0.29) is 6.61 Å². The number of fused-ring (bicyclic) bond motifs is 2. The van der Waals surface area contributed by atoms with E-state index in [2.05, 4.69) is 11.8 Å². The quantitative estimate of drug-likeness (QED) is 0.827. The van der Waals surface area contributed by atoms with Gasteiger partial charge in [0.15, 0.2) is 0 Å². The van der Waals surface area contributed by atoms with E-state index in [1.54, 1.807) is 12.1 Å². The molecule has 0 aromatic heterocycles. The van der Waals surface area contributed by atoms with Crippen LogP contribution < -0.4 is 4.74 Å². The molecule has 4 rings (SSSR count). The number of aryl methyl sites for hydroxylation is 1. The second-order valence-electron chi connectivity index (χ2n) is 6.83. The zero-order chi connectivity index (χ0) is 19.0. The van der Waals surface area contributed by atoms with Gasteiger partial charge >= 0.3 is 0 Å². The van der Waals surface area contributed by atoms with Crippen LogP contribution in [0, 0.1) is 18.8 Å². The summed E-state index contributed by atoms with van der Waals surface area (Å²) in [6.07, 6.45) is 1.17. The summed E-state index contributed by atoms with van der Waals surface area (Å²) < 4.78 is 33.3. The lowest BCUT2D eigenvalue weighted by atomic mass is 9.96. The van der Waals surface area contributed by atoms with Crippen LogP contribution in [0.5, 0.6) is 5.75 Å². The monoisotopic (exact) mass is 383 g/mol. The van der Waals surface area contributed by atoms with Gasteiger partial charge in [0, 0.05) is 37.1 Å². The highest BCUT2D eigenvalue weighted by molar-refractivity contribution is 7.89. The first kappa shape index (κ1) is 18.1. The number of rotatable bonds is 3. The SMILES string of the molecule is Cc1ccc(S(=O)(=O)N2Cc3cc4c(c(C#CCCO)c3C2)CCO4)cc1. The minimum Gasteiger partial charge on any atom is -0.493 e. The first-order chi connectivity index (χ1) is 13.0. The third-order valence-electron chi connectivity index (χ3n) is 4.99. The lowest BCUT2D eigenvalue weighted by Gasteiger charge is -2.15. The van der Waals surface area contributed by atoms with Gasteiger partial charge in [-0.05, 0) is 36.2 Å². The van der Waals surface area contributed by atoms with Gasteiger partial charge in [0.2, 0.25) is 10.0 Å². The lowest BCUT2D eigenvalue weighted by molar-refractivity contribution is 0.305. The Morgan fingerprint density at radius 2 is 1.96 bits per heavy atom. The van der Waals surface area contributed by atoms with E-state index in [1.807, 2.05) is 25.1 Å². The molecule has 2 aliphatic heterocycles. The standard InChI is InChI=1S/C21H21NO4S/c1-15-5-7-17(8-6-15)27(24,25)22-13-16-12-21-19(9-11-26-21)18(20(16)14-22)4-2-3-10-23/h5-8,12,23H,3,9-11,13-14H2,1H3. The summed E-state index contributed by atoms with van der Waals surface area (Å²) in [7, 11) is -3.58. The van der Waals surface area contributed by atoms with Crippen LogP contribution in [0.2, 0.25) is 0 Å². The average Bonchev–Trinajstić information content (AvgIpc) is 3.28. The fraction of sp³-hybridized carbons (Fsp3) is 0.333. The summed E-state index contributed by atoms with van der Waals surface area (Å²) in [6, 6.07) is 8.88. The van der Waals surface area contributed by atoms with Gasteiger partial charge in [-0.15, -0.1) is 0 Å². The van der Waals surface area contributed by atoms with Gasteiger partial charge in [-0.2, -0.15) is 4.31 Å². The summed E-state index contributed by atoms with van der Waals surface area (Å²) in [5.41, 5.74) is 4.84. The Hall–Kier alpha value is -2.33. The molecule has 0 spiro atoms. The molecule has 0 bridgehead atoms. The Bertz CT molecular complexity index is 1050. The molecule has 27 heavy (non-hydrogen) atoms. The van der Waals surface area contributed by atoms with Gasteiger partial charge in [-0.25, -0.2) is 8.42 Å². The Morgan fingerprint density at radius 3 is 2.70 bits per heavy atom. The Morgan fingerprint density at radius 1 is 1.19 bits per heavy atom. The number of hydrogen-bond acceptors (Lipinski definition) is 4. The maximum atomic E-state index is 13.1. The molecule has 2 aromatic carbocycles. The third-order valence-corrected chi connectivity index (χ3v) is 6.80. The van der Waals surface area contributed by atoms with Crippen molar-refractivity contribution in [1.82, 2.24) is 4.31 Å². The lowest BCUT2D eigenvalue weighted by Crippen LogP contribution is -2.25. The van der Waals surface area contributed by atoms with Gasteiger partial charge in [0.05, 0.1) is 18.1 Å². The van der Waals surface area contributed by atoms with Crippen LogP contribution in [0.1, 0.15) is 34.2 Å². The van der Waals surface area contributed by atoms with Gasteiger partial charge < -0.3 is 9.84 Å². The number of nitrogens with zero attached hydrogens (tertiary/aromatic N) is 1. The third kappa shape index (κ3) is 3.23. The fourth-order valence-electron chi connectivity index (χ4n) is 3.57. The summed E-state index contributed by atoms with van der Waals surface area (Å²) in [5, 5.41) is 9.01. The molecule has 140 valence electrons. The molecule has 0 fully saturated rings.